The second-order valence-electron chi connectivity index (χ2n) is 3.77. The number of nitrogens with two attached hydrogens (primary N) is 1. The minimum atomic E-state index is -0.0870. The van der Waals surface area contributed by atoms with E-state index < -0.39 is 0 Å². The summed E-state index contributed by atoms with van der Waals surface area (Å²) in [6, 6.07) is 5.35. The van der Waals surface area contributed by atoms with Crippen LogP contribution in [0.4, 0.5) is 11.4 Å². The van der Waals surface area contributed by atoms with Gasteiger partial charge in [-0.15, -0.1) is 0 Å². The van der Waals surface area contributed by atoms with E-state index in [1.54, 1.807) is 30.9 Å². The summed E-state index contributed by atoms with van der Waals surface area (Å²) < 4.78 is 0. The molecule has 0 aromatic heterocycles. The van der Waals surface area contributed by atoms with E-state index in [-0.39, 0.29) is 5.91 Å². The van der Waals surface area contributed by atoms with Crippen LogP contribution in [-0.4, -0.2) is 38.6 Å². The van der Waals surface area contributed by atoms with Crippen molar-refractivity contribution in [3.63, 3.8) is 0 Å². The van der Waals surface area contributed by atoms with E-state index in [0.29, 0.717) is 11.3 Å². The van der Waals surface area contributed by atoms with Gasteiger partial charge in [-0.05, 0) is 24.5 Å². The molecule has 0 radical (unpaired) electrons. The highest BCUT2D eigenvalue weighted by Crippen LogP contribution is 2.22. The number of nitrogen functional groups attached to an aromatic ring is 1. The molecule has 0 spiro atoms. The summed E-state index contributed by atoms with van der Waals surface area (Å²) >= 11 is 1.78. The second-order valence-corrected chi connectivity index (χ2v) is 4.76. The smallest absolute Gasteiger partial charge is 0.253 e. The number of carbonyl (C=O) groups excluding carboxylic acids is 1. The summed E-state index contributed by atoms with van der Waals surface area (Å²) in [7, 11) is 3.60. The summed E-state index contributed by atoms with van der Waals surface area (Å²) in [4.78, 5) is 13.8. The first-order valence-corrected chi connectivity index (χ1v) is 6.81. The van der Waals surface area contributed by atoms with E-state index in [1.165, 1.54) is 0 Å². The fourth-order valence-electron chi connectivity index (χ4n) is 1.54. The van der Waals surface area contributed by atoms with Crippen LogP contribution < -0.4 is 16.0 Å². The quantitative estimate of drug-likeness (QED) is 0.779. The number of benzene rings is 1. The van der Waals surface area contributed by atoms with Gasteiger partial charge in [0, 0.05) is 32.1 Å². The Labute approximate surface area is 107 Å². The maximum Gasteiger partial charge on any atom is 0.253 e. The summed E-state index contributed by atoms with van der Waals surface area (Å²) in [5, 5.41) is 2.64. The van der Waals surface area contributed by atoms with Crippen LogP contribution in [0.15, 0.2) is 18.2 Å². The van der Waals surface area contributed by atoms with Crippen molar-refractivity contribution in [2.45, 2.75) is 0 Å². The summed E-state index contributed by atoms with van der Waals surface area (Å²) in [6.45, 7) is 0.884. The number of amides is 1. The van der Waals surface area contributed by atoms with Crippen molar-refractivity contribution < 1.29 is 4.79 Å². The average Bonchev–Trinajstić information content (AvgIpc) is 2.34. The van der Waals surface area contributed by atoms with Gasteiger partial charge in [0.1, 0.15) is 0 Å². The van der Waals surface area contributed by atoms with Crippen LogP contribution >= 0.6 is 11.8 Å². The Morgan fingerprint density at radius 3 is 2.82 bits per heavy atom. The number of hydrogen-bond acceptors (Lipinski definition) is 4. The second kappa shape index (κ2) is 6.39. The van der Waals surface area contributed by atoms with Gasteiger partial charge in [0.15, 0.2) is 0 Å². The van der Waals surface area contributed by atoms with Gasteiger partial charge in [-0.25, -0.2) is 0 Å². The molecule has 0 heterocycles. The molecule has 17 heavy (non-hydrogen) atoms. The lowest BCUT2D eigenvalue weighted by Crippen LogP contribution is -2.26. The van der Waals surface area contributed by atoms with E-state index in [1.807, 2.05) is 13.1 Å². The Morgan fingerprint density at radius 2 is 2.24 bits per heavy atom. The molecular formula is C12H19N3OS. The van der Waals surface area contributed by atoms with Crippen molar-refractivity contribution >= 4 is 29.0 Å². The number of nitrogens with one attached hydrogen (secondary N) is 1. The first-order valence-electron chi connectivity index (χ1n) is 5.41. The van der Waals surface area contributed by atoms with E-state index in [2.05, 4.69) is 16.5 Å². The van der Waals surface area contributed by atoms with Gasteiger partial charge in [-0.3, -0.25) is 4.79 Å². The van der Waals surface area contributed by atoms with E-state index >= 15 is 0 Å². The van der Waals surface area contributed by atoms with Crippen LogP contribution in [0, 0.1) is 0 Å². The summed E-state index contributed by atoms with van der Waals surface area (Å²) in [6.07, 6.45) is 2.06. The van der Waals surface area contributed by atoms with Gasteiger partial charge < -0.3 is 16.0 Å². The predicted molar refractivity (Wildman–Crippen MR) is 75.9 cm³/mol. The lowest BCUT2D eigenvalue weighted by Gasteiger charge is -2.22. The Bertz CT molecular complexity index is 395. The van der Waals surface area contributed by atoms with Crippen LogP contribution in [0.5, 0.6) is 0 Å². The van der Waals surface area contributed by atoms with Crippen LogP contribution in [0.2, 0.25) is 0 Å². The highest BCUT2D eigenvalue weighted by atomic mass is 32.2. The summed E-state index contributed by atoms with van der Waals surface area (Å²) in [5.74, 6) is 0.925. The molecule has 1 aromatic carbocycles. The topological polar surface area (TPSA) is 58.4 Å². The predicted octanol–water partition coefficient (Wildman–Crippen LogP) is 1.43. The molecule has 1 rings (SSSR count). The number of anilines is 2. The third kappa shape index (κ3) is 3.56. The van der Waals surface area contributed by atoms with Crippen molar-refractivity contribution in [3.05, 3.63) is 23.8 Å². The van der Waals surface area contributed by atoms with Crippen molar-refractivity contribution in [1.29, 1.82) is 0 Å². The van der Waals surface area contributed by atoms with Gasteiger partial charge in [-0.2, -0.15) is 11.8 Å². The van der Waals surface area contributed by atoms with Gasteiger partial charge in [0.05, 0.1) is 11.3 Å². The average molecular weight is 253 g/mol. The van der Waals surface area contributed by atoms with Gasteiger partial charge in [-0.1, -0.05) is 0 Å². The van der Waals surface area contributed by atoms with Crippen LogP contribution in [0.25, 0.3) is 0 Å². The third-order valence-electron chi connectivity index (χ3n) is 2.54. The van der Waals surface area contributed by atoms with Crippen molar-refractivity contribution in [3.8, 4) is 0 Å². The zero-order valence-corrected chi connectivity index (χ0v) is 11.3. The fourth-order valence-corrected chi connectivity index (χ4v) is 2.00. The van der Waals surface area contributed by atoms with Crippen LogP contribution in [0.1, 0.15) is 10.4 Å². The first kappa shape index (κ1) is 13.7. The zero-order valence-electron chi connectivity index (χ0n) is 10.5. The monoisotopic (exact) mass is 253 g/mol. The van der Waals surface area contributed by atoms with Gasteiger partial charge in [0.25, 0.3) is 5.91 Å². The minimum absolute atomic E-state index is 0.0870. The molecule has 0 saturated carbocycles. The molecule has 0 aliphatic rings. The first-order chi connectivity index (χ1) is 8.10. The molecule has 0 aliphatic heterocycles. The molecular weight excluding hydrogens is 234 g/mol. The number of hydrogen-bond donors (Lipinski definition) is 2. The third-order valence-corrected chi connectivity index (χ3v) is 3.13. The highest BCUT2D eigenvalue weighted by molar-refractivity contribution is 7.98. The zero-order chi connectivity index (χ0) is 12.8. The highest BCUT2D eigenvalue weighted by Gasteiger charge is 2.13. The molecule has 0 atom stereocenters. The molecule has 0 fully saturated rings. The molecule has 0 saturated heterocycles. The molecule has 1 amide bonds. The lowest BCUT2D eigenvalue weighted by molar-refractivity contribution is 0.0963. The Balaban J connectivity index is 3.01. The van der Waals surface area contributed by atoms with E-state index in [0.717, 1.165) is 18.0 Å². The summed E-state index contributed by atoms with van der Waals surface area (Å²) in [5.41, 5.74) is 7.97. The molecule has 3 N–H and O–H groups in total. The SMILES string of the molecule is CNC(=O)c1ccc(N)cc1N(C)CCSC. The van der Waals surface area contributed by atoms with E-state index in [9.17, 15) is 4.79 Å². The number of carbonyl (C=O) groups is 1. The maximum atomic E-state index is 11.7. The Hall–Kier alpha value is -1.36. The van der Waals surface area contributed by atoms with Gasteiger partial charge >= 0.3 is 0 Å². The molecule has 5 heteroatoms. The number of rotatable bonds is 5. The molecule has 1 aromatic rings. The van der Waals surface area contributed by atoms with Crippen molar-refractivity contribution in [2.75, 3.05) is 43.3 Å². The molecule has 0 bridgehead atoms. The van der Waals surface area contributed by atoms with Crippen molar-refractivity contribution in [1.82, 2.24) is 5.32 Å². The lowest BCUT2D eigenvalue weighted by atomic mass is 10.1. The fraction of sp³-hybridized carbons (Fsp3) is 0.417. The minimum Gasteiger partial charge on any atom is -0.399 e. The van der Waals surface area contributed by atoms with E-state index in [4.69, 9.17) is 5.73 Å². The molecule has 0 unspecified atom stereocenters. The molecule has 94 valence electrons. The number of thioether (sulfide) groups is 1. The molecule has 4 nitrogen and oxygen atoms in total. The Morgan fingerprint density at radius 1 is 1.53 bits per heavy atom. The van der Waals surface area contributed by atoms with Crippen LogP contribution in [-0.2, 0) is 0 Å². The normalized spacial score (nSPS) is 10.1. The van der Waals surface area contributed by atoms with Crippen molar-refractivity contribution in [2.24, 2.45) is 0 Å². The Kier molecular flexibility index (Phi) is 5.15. The maximum absolute atomic E-state index is 11.7. The largest absolute Gasteiger partial charge is 0.399 e. The number of nitrogens with zero attached hydrogens (tertiary/aromatic N) is 1. The van der Waals surface area contributed by atoms with Crippen LogP contribution in [0.3, 0.4) is 0 Å². The van der Waals surface area contributed by atoms with Gasteiger partial charge in [0.2, 0.25) is 0 Å². The molecule has 0 aliphatic carbocycles. The standard InChI is InChI=1S/C12H19N3OS/c1-14-12(16)10-5-4-9(13)8-11(10)15(2)6-7-17-3/h4-5,8H,6-7,13H2,1-3H3,(H,14,16).